The van der Waals surface area contributed by atoms with Gasteiger partial charge in [0.25, 0.3) is 0 Å². The number of carbonyl (C=O) groups is 2. The van der Waals surface area contributed by atoms with Crippen molar-refractivity contribution in [3.8, 4) is 0 Å². The summed E-state index contributed by atoms with van der Waals surface area (Å²) in [7, 11) is 0. The number of Topliss-reactive ketones (excluding diaryl/α,β-unsaturated/α-hetero) is 1. The molecule has 2 N–H and O–H groups in total. The lowest BCUT2D eigenvalue weighted by Crippen LogP contribution is -2.33. The maximum absolute atomic E-state index is 12.3. The van der Waals surface area contributed by atoms with Gasteiger partial charge in [0.2, 0.25) is 0 Å². The topological polar surface area (TPSA) is 63.1 Å². The first-order chi connectivity index (χ1) is 11.0. The molecule has 0 saturated carbocycles. The number of anilines is 1. The van der Waals surface area contributed by atoms with Gasteiger partial charge in [0.05, 0.1) is 6.54 Å². The minimum atomic E-state index is -0.399. The molecule has 2 aromatic rings. The molecule has 1 heterocycles. The Morgan fingerprint density at radius 3 is 2.57 bits per heavy atom. The number of benzene rings is 1. The second kappa shape index (κ2) is 7.45. The van der Waals surface area contributed by atoms with E-state index in [0.717, 1.165) is 11.4 Å². The highest BCUT2D eigenvalue weighted by atomic mass is 16.2. The SMILES string of the molecule is C=CCn1c(C)cc(C(=O)CNC(=O)Nc2ccccc2)c1C. The van der Waals surface area contributed by atoms with E-state index < -0.39 is 6.03 Å². The van der Waals surface area contributed by atoms with Crippen LogP contribution in [0.5, 0.6) is 0 Å². The summed E-state index contributed by atoms with van der Waals surface area (Å²) in [6.07, 6.45) is 1.79. The van der Waals surface area contributed by atoms with E-state index in [4.69, 9.17) is 0 Å². The van der Waals surface area contributed by atoms with Gasteiger partial charge in [-0.05, 0) is 32.0 Å². The number of amides is 2. The lowest BCUT2D eigenvalue weighted by molar-refractivity contribution is 0.0992. The van der Waals surface area contributed by atoms with E-state index in [-0.39, 0.29) is 12.3 Å². The number of nitrogens with zero attached hydrogens (tertiary/aromatic N) is 1. The highest BCUT2D eigenvalue weighted by Crippen LogP contribution is 2.15. The van der Waals surface area contributed by atoms with Gasteiger partial charge in [-0.3, -0.25) is 4.79 Å². The minimum Gasteiger partial charge on any atom is -0.345 e. The van der Waals surface area contributed by atoms with E-state index in [9.17, 15) is 9.59 Å². The highest BCUT2D eigenvalue weighted by Gasteiger charge is 2.15. The summed E-state index contributed by atoms with van der Waals surface area (Å²) in [5.41, 5.74) is 3.20. The van der Waals surface area contributed by atoms with Crippen molar-refractivity contribution < 1.29 is 9.59 Å². The Hall–Kier alpha value is -2.82. The fraction of sp³-hybridized carbons (Fsp3) is 0.222. The summed E-state index contributed by atoms with van der Waals surface area (Å²) >= 11 is 0. The molecule has 1 aromatic carbocycles. The van der Waals surface area contributed by atoms with Gasteiger partial charge in [-0.1, -0.05) is 24.3 Å². The predicted molar refractivity (Wildman–Crippen MR) is 91.9 cm³/mol. The number of nitrogens with one attached hydrogen (secondary N) is 2. The van der Waals surface area contributed by atoms with Gasteiger partial charge >= 0.3 is 6.03 Å². The number of ketones is 1. The van der Waals surface area contributed by atoms with E-state index in [2.05, 4.69) is 17.2 Å². The Bertz CT molecular complexity index is 717. The van der Waals surface area contributed by atoms with Crippen molar-refractivity contribution in [2.24, 2.45) is 0 Å². The third-order valence-electron chi connectivity index (χ3n) is 3.63. The van der Waals surface area contributed by atoms with Crippen LogP contribution < -0.4 is 10.6 Å². The van der Waals surface area contributed by atoms with Gasteiger partial charge in [-0.25, -0.2) is 4.79 Å². The van der Waals surface area contributed by atoms with Crippen molar-refractivity contribution in [3.63, 3.8) is 0 Å². The Morgan fingerprint density at radius 2 is 1.91 bits per heavy atom. The van der Waals surface area contributed by atoms with E-state index in [1.807, 2.05) is 42.7 Å². The summed E-state index contributed by atoms with van der Waals surface area (Å²) in [5, 5.41) is 5.27. The predicted octanol–water partition coefficient (Wildman–Crippen LogP) is 3.30. The normalized spacial score (nSPS) is 10.2. The molecule has 23 heavy (non-hydrogen) atoms. The molecule has 120 valence electrons. The van der Waals surface area contributed by atoms with Crippen LogP contribution in [0.25, 0.3) is 0 Å². The van der Waals surface area contributed by atoms with Gasteiger partial charge < -0.3 is 15.2 Å². The molecule has 0 aliphatic carbocycles. The van der Waals surface area contributed by atoms with Crippen LogP contribution >= 0.6 is 0 Å². The molecular weight excluding hydrogens is 290 g/mol. The average molecular weight is 311 g/mol. The molecule has 2 amide bonds. The van der Waals surface area contributed by atoms with Crippen LogP contribution in [0.3, 0.4) is 0 Å². The van der Waals surface area contributed by atoms with Gasteiger partial charge in [-0.2, -0.15) is 0 Å². The Morgan fingerprint density at radius 1 is 1.22 bits per heavy atom. The number of aryl methyl sites for hydroxylation is 1. The van der Waals surface area contributed by atoms with Gasteiger partial charge in [-0.15, -0.1) is 6.58 Å². The van der Waals surface area contributed by atoms with E-state index >= 15 is 0 Å². The fourth-order valence-corrected chi connectivity index (χ4v) is 2.45. The number of hydrogen-bond donors (Lipinski definition) is 2. The molecule has 0 aliphatic rings. The first-order valence-electron chi connectivity index (χ1n) is 7.43. The number of para-hydroxylation sites is 1. The minimum absolute atomic E-state index is 0.0446. The summed E-state index contributed by atoms with van der Waals surface area (Å²) < 4.78 is 2.02. The third kappa shape index (κ3) is 4.10. The van der Waals surface area contributed by atoms with E-state index in [1.165, 1.54) is 0 Å². The molecule has 0 atom stereocenters. The number of hydrogen-bond acceptors (Lipinski definition) is 2. The number of rotatable bonds is 6. The van der Waals surface area contributed by atoms with Crippen molar-refractivity contribution >= 4 is 17.5 Å². The summed E-state index contributed by atoms with van der Waals surface area (Å²) in [6, 6.07) is 10.5. The molecule has 0 radical (unpaired) electrons. The molecule has 5 nitrogen and oxygen atoms in total. The zero-order chi connectivity index (χ0) is 16.8. The number of carbonyl (C=O) groups excluding carboxylic acids is 2. The fourth-order valence-electron chi connectivity index (χ4n) is 2.45. The monoisotopic (exact) mass is 311 g/mol. The van der Waals surface area contributed by atoms with Crippen LogP contribution in [0.4, 0.5) is 10.5 Å². The zero-order valence-corrected chi connectivity index (χ0v) is 13.4. The Balaban J connectivity index is 1.96. The first-order valence-corrected chi connectivity index (χ1v) is 7.43. The summed E-state index contributed by atoms with van der Waals surface area (Å²) in [5.74, 6) is -0.114. The van der Waals surface area contributed by atoms with Crippen LogP contribution in [0.15, 0.2) is 49.1 Å². The first kappa shape index (κ1) is 16.5. The van der Waals surface area contributed by atoms with Gasteiger partial charge in [0.15, 0.2) is 5.78 Å². The largest absolute Gasteiger partial charge is 0.345 e. The summed E-state index contributed by atoms with van der Waals surface area (Å²) in [6.45, 7) is 8.18. The lowest BCUT2D eigenvalue weighted by Gasteiger charge is -2.08. The van der Waals surface area contributed by atoms with Crippen molar-refractivity contribution in [2.75, 3.05) is 11.9 Å². The van der Waals surface area contributed by atoms with Crippen molar-refractivity contribution in [1.82, 2.24) is 9.88 Å². The molecule has 2 rings (SSSR count). The summed E-state index contributed by atoms with van der Waals surface area (Å²) in [4.78, 5) is 24.1. The van der Waals surface area contributed by atoms with E-state index in [0.29, 0.717) is 17.8 Å². The molecule has 1 aromatic heterocycles. The van der Waals surface area contributed by atoms with Crippen molar-refractivity contribution in [2.45, 2.75) is 20.4 Å². The van der Waals surface area contributed by atoms with Crippen LogP contribution in [0.2, 0.25) is 0 Å². The standard InChI is InChI=1S/C18H21N3O2/c1-4-10-21-13(2)11-16(14(21)3)17(22)12-19-18(23)20-15-8-6-5-7-9-15/h4-9,11H,1,10,12H2,2-3H3,(H2,19,20,23). The van der Waals surface area contributed by atoms with Crippen molar-refractivity contribution in [3.05, 3.63) is 66.0 Å². The van der Waals surface area contributed by atoms with Crippen LogP contribution in [-0.4, -0.2) is 22.9 Å². The van der Waals surface area contributed by atoms with Crippen LogP contribution in [-0.2, 0) is 6.54 Å². The molecule has 0 saturated heterocycles. The van der Waals surface area contributed by atoms with Gasteiger partial charge in [0, 0.05) is 29.2 Å². The molecule has 0 aliphatic heterocycles. The number of aromatic nitrogens is 1. The quantitative estimate of drug-likeness (QED) is 0.635. The number of allylic oxidation sites excluding steroid dienone is 1. The third-order valence-corrected chi connectivity index (χ3v) is 3.63. The van der Waals surface area contributed by atoms with Crippen LogP contribution in [0, 0.1) is 13.8 Å². The molecule has 0 spiro atoms. The molecule has 0 fully saturated rings. The van der Waals surface area contributed by atoms with Crippen LogP contribution in [0.1, 0.15) is 21.7 Å². The maximum Gasteiger partial charge on any atom is 0.319 e. The maximum atomic E-state index is 12.3. The molecule has 0 bridgehead atoms. The smallest absolute Gasteiger partial charge is 0.319 e. The average Bonchev–Trinajstić information content (AvgIpc) is 2.82. The second-order valence-corrected chi connectivity index (χ2v) is 5.28. The molecule has 5 heteroatoms. The van der Waals surface area contributed by atoms with Crippen molar-refractivity contribution in [1.29, 1.82) is 0 Å². The van der Waals surface area contributed by atoms with Gasteiger partial charge in [0.1, 0.15) is 0 Å². The molecular formula is C18H21N3O2. The highest BCUT2D eigenvalue weighted by molar-refractivity contribution is 6.01. The lowest BCUT2D eigenvalue weighted by atomic mass is 10.1. The Labute approximate surface area is 136 Å². The Kier molecular flexibility index (Phi) is 5.36. The number of urea groups is 1. The molecule has 0 unspecified atom stereocenters. The zero-order valence-electron chi connectivity index (χ0n) is 13.4. The second-order valence-electron chi connectivity index (χ2n) is 5.28. The van der Waals surface area contributed by atoms with E-state index in [1.54, 1.807) is 18.2 Å².